The van der Waals surface area contributed by atoms with Gasteiger partial charge in [-0.05, 0) is 34.0 Å². The van der Waals surface area contributed by atoms with Crippen LogP contribution in [0.3, 0.4) is 0 Å². The average Bonchev–Trinajstić information content (AvgIpc) is 2.43. The van der Waals surface area contributed by atoms with Crippen molar-refractivity contribution >= 4 is 31.9 Å². The Balaban J connectivity index is 3.16. The van der Waals surface area contributed by atoms with Gasteiger partial charge in [0.1, 0.15) is 0 Å². The standard InChI is InChI=1S/C14H16BrF3N2O3S/c1-2-3-7-20(8-12(19)21)24(22,23)9-10-5-4-6-11(13(10)15)14(16,17)18/h2,4-6H,1,3,7-9H2,(H2,19,21). The maximum absolute atomic E-state index is 12.9. The lowest BCUT2D eigenvalue weighted by atomic mass is 10.1. The first kappa shape index (κ1) is 20.7. The Morgan fingerprint density at radius 1 is 1.38 bits per heavy atom. The van der Waals surface area contributed by atoms with E-state index in [9.17, 15) is 26.4 Å². The van der Waals surface area contributed by atoms with Crippen molar-refractivity contribution in [3.8, 4) is 0 Å². The number of carbonyl (C=O) groups excluding carboxylic acids is 1. The van der Waals surface area contributed by atoms with E-state index in [1.54, 1.807) is 0 Å². The number of sulfonamides is 1. The van der Waals surface area contributed by atoms with Crippen LogP contribution in [-0.2, 0) is 26.7 Å². The summed E-state index contributed by atoms with van der Waals surface area (Å²) in [5, 5.41) is 0. The predicted molar refractivity (Wildman–Crippen MR) is 87.3 cm³/mol. The van der Waals surface area contributed by atoms with Crippen LogP contribution >= 0.6 is 15.9 Å². The van der Waals surface area contributed by atoms with Crippen LogP contribution in [-0.4, -0.2) is 31.7 Å². The minimum absolute atomic E-state index is 0.0364. The molecule has 0 aliphatic heterocycles. The van der Waals surface area contributed by atoms with E-state index >= 15 is 0 Å². The van der Waals surface area contributed by atoms with Crippen molar-refractivity contribution in [2.45, 2.75) is 18.3 Å². The Kier molecular flexibility index (Phi) is 6.99. The fourth-order valence-electron chi connectivity index (χ4n) is 1.92. The number of nitrogens with zero attached hydrogens (tertiary/aromatic N) is 1. The Bertz CT molecular complexity index is 720. The lowest BCUT2D eigenvalue weighted by Crippen LogP contribution is -2.39. The van der Waals surface area contributed by atoms with Crippen molar-refractivity contribution in [3.05, 3.63) is 46.5 Å². The van der Waals surface area contributed by atoms with Gasteiger partial charge in [-0.25, -0.2) is 8.42 Å². The summed E-state index contributed by atoms with van der Waals surface area (Å²) in [6.45, 7) is 2.88. The third kappa shape index (κ3) is 5.60. The molecule has 0 aliphatic rings. The number of hydrogen-bond acceptors (Lipinski definition) is 3. The zero-order valence-corrected chi connectivity index (χ0v) is 14.9. The van der Waals surface area contributed by atoms with Crippen LogP contribution in [0.15, 0.2) is 35.3 Å². The summed E-state index contributed by atoms with van der Waals surface area (Å²) in [4.78, 5) is 11.1. The summed E-state index contributed by atoms with van der Waals surface area (Å²) in [5.41, 5.74) is 4.01. The number of nitrogens with two attached hydrogens (primary N) is 1. The second-order valence-corrected chi connectivity index (χ2v) is 7.67. The summed E-state index contributed by atoms with van der Waals surface area (Å²) in [7, 11) is -4.04. The molecule has 0 heterocycles. The number of hydrogen-bond donors (Lipinski definition) is 1. The van der Waals surface area contributed by atoms with Crippen molar-refractivity contribution in [1.82, 2.24) is 4.31 Å². The Hall–Kier alpha value is -1.39. The Labute approximate surface area is 146 Å². The monoisotopic (exact) mass is 428 g/mol. The first-order valence-corrected chi connectivity index (χ1v) is 9.11. The molecule has 0 fully saturated rings. The molecule has 134 valence electrons. The van der Waals surface area contributed by atoms with Crippen molar-refractivity contribution in [1.29, 1.82) is 0 Å². The van der Waals surface area contributed by atoms with Gasteiger partial charge < -0.3 is 5.73 Å². The normalized spacial score (nSPS) is 12.4. The number of rotatable bonds is 8. The fraction of sp³-hybridized carbons (Fsp3) is 0.357. The van der Waals surface area contributed by atoms with Crippen LogP contribution in [0.5, 0.6) is 0 Å². The molecule has 1 amide bonds. The average molecular weight is 429 g/mol. The molecule has 0 spiro atoms. The van der Waals surface area contributed by atoms with Gasteiger partial charge in [-0.3, -0.25) is 4.79 Å². The SMILES string of the molecule is C=CCCN(CC(N)=O)S(=O)(=O)Cc1cccc(C(F)(F)F)c1Br. The molecule has 0 bridgehead atoms. The maximum Gasteiger partial charge on any atom is 0.417 e. The molecule has 2 N–H and O–H groups in total. The van der Waals surface area contributed by atoms with Gasteiger partial charge >= 0.3 is 6.18 Å². The van der Waals surface area contributed by atoms with Crippen LogP contribution in [0, 0.1) is 0 Å². The van der Waals surface area contributed by atoms with Crippen molar-refractivity contribution in [3.63, 3.8) is 0 Å². The lowest BCUT2D eigenvalue weighted by molar-refractivity contribution is -0.138. The van der Waals surface area contributed by atoms with E-state index in [4.69, 9.17) is 5.73 Å². The number of primary amides is 1. The summed E-state index contributed by atoms with van der Waals surface area (Å²) in [6.07, 6.45) is -2.88. The topological polar surface area (TPSA) is 80.5 Å². The van der Waals surface area contributed by atoms with E-state index < -0.39 is 40.0 Å². The molecular formula is C14H16BrF3N2O3S. The number of amides is 1. The van der Waals surface area contributed by atoms with E-state index in [1.165, 1.54) is 12.1 Å². The highest BCUT2D eigenvalue weighted by Gasteiger charge is 2.34. The van der Waals surface area contributed by atoms with Gasteiger partial charge in [0, 0.05) is 11.0 Å². The highest BCUT2D eigenvalue weighted by molar-refractivity contribution is 9.10. The minimum Gasteiger partial charge on any atom is -0.369 e. The van der Waals surface area contributed by atoms with Gasteiger partial charge in [-0.2, -0.15) is 17.5 Å². The predicted octanol–water partition coefficient (Wildman–Crippen LogP) is 2.66. The molecule has 0 aliphatic carbocycles. The second kappa shape index (κ2) is 8.13. The van der Waals surface area contributed by atoms with Crippen LogP contribution in [0.25, 0.3) is 0 Å². The molecule has 0 radical (unpaired) electrons. The van der Waals surface area contributed by atoms with Crippen LogP contribution < -0.4 is 5.73 Å². The van der Waals surface area contributed by atoms with Gasteiger partial charge in [0.25, 0.3) is 0 Å². The molecule has 1 aromatic carbocycles. The molecule has 1 aromatic rings. The second-order valence-electron chi connectivity index (χ2n) is 4.91. The third-order valence-corrected chi connectivity index (χ3v) is 5.74. The molecule has 24 heavy (non-hydrogen) atoms. The summed E-state index contributed by atoms with van der Waals surface area (Å²) in [6, 6.07) is 3.24. The molecule has 0 saturated carbocycles. The summed E-state index contributed by atoms with van der Waals surface area (Å²) < 4.78 is 64.1. The molecule has 0 atom stereocenters. The number of carbonyl (C=O) groups is 1. The zero-order valence-electron chi connectivity index (χ0n) is 12.5. The first-order chi connectivity index (χ1) is 11.0. The van der Waals surface area contributed by atoms with Crippen molar-refractivity contribution < 1.29 is 26.4 Å². The molecule has 0 saturated heterocycles. The summed E-state index contributed by atoms with van der Waals surface area (Å²) in [5.74, 6) is -1.55. The summed E-state index contributed by atoms with van der Waals surface area (Å²) >= 11 is 2.81. The molecule has 10 heteroatoms. The van der Waals surface area contributed by atoms with Gasteiger partial charge in [0.2, 0.25) is 15.9 Å². The minimum atomic E-state index is -4.62. The van der Waals surface area contributed by atoms with E-state index in [-0.39, 0.29) is 23.0 Å². The first-order valence-electron chi connectivity index (χ1n) is 6.70. The number of benzene rings is 1. The Morgan fingerprint density at radius 2 is 2.00 bits per heavy atom. The number of alkyl halides is 3. The van der Waals surface area contributed by atoms with Crippen LogP contribution in [0.4, 0.5) is 13.2 Å². The van der Waals surface area contributed by atoms with Crippen LogP contribution in [0.2, 0.25) is 0 Å². The van der Waals surface area contributed by atoms with Crippen molar-refractivity contribution in [2.75, 3.05) is 13.1 Å². The van der Waals surface area contributed by atoms with Crippen molar-refractivity contribution in [2.24, 2.45) is 5.73 Å². The maximum atomic E-state index is 12.9. The van der Waals surface area contributed by atoms with Gasteiger partial charge in [0.05, 0.1) is 17.9 Å². The molecule has 5 nitrogen and oxygen atoms in total. The van der Waals surface area contributed by atoms with E-state index in [1.807, 2.05) is 0 Å². The molecule has 0 aromatic heterocycles. The van der Waals surface area contributed by atoms with E-state index in [2.05, 4.69) is 22.5 Å². The zero-order chi connectivity index (χ0) is 18.5. The van der Waals surface area contributed by atoms with E-state index in [0.29, 0.717) is 0 Å². The van der Waals surface area contributed by atoms with E-state index in [0.717, 1.165) is 16.4 Å². The highest BCUT2D eigenvalue weighted by Crippen LogP contribution is 2.37. The molecule has 1 rings (SSSR count). The Morgan fingerprint density at radius 3 is 2.50 bits per heavy atom. The highest BCUT2D eigenvalue weighted by atomic mass is 79.9. The quantitative estimate of drug-likeness (QED) is 0.646. The molecule has 0 unspecified atom stereocenters. The molecular weight excluding hydrogens is 413 g/mol. The van der Waals surface area contributed by atoms with Gasteiger partial charge in [0.15, 0.2) is 0 Å². The van der Waals surface area contributed by atoms with Gasteiger partial charge in [-0.15, -0.1) is 6.58 Å². The van der Waals surface area contributed by atoms with Gasteiger partial charge in [-0.1, -0.05) is 18.2 Å². The van der Waals surface area contributed by atoms with Crippen LogP contribution in [0.1, 0.15) is 17.5 Å². The fourth-order valence-corrected chi connectivity index (χ4v) is 4.26. The third-order valence-electron chi connectivity index (χ3n) is 3.03. The smallest absolute Gasteiger partial charge is 0.369 e. The number of halogens is 4. The largest absolute Gasteiger partial charge is 0.417 e. The lowest BCUT2D eigenvalue weighted by Gasteiger charge is -2.21.